The molecule has 7 nitrogen and oxygen atoms in total. The number of rotatable bonds is 2. The van der Waals surface area contributed by atoms with Gasteiger partial charge in [0.1, 0.15) is 0 Å². The monoisotopic (exact) mass is 300 g/mol. The van der Waals surface area contributed by atoms with Crippen LogP contribution in [0.4, 0.5) is 0 Å². The fourth-order valence-electron chi connectivity index (χ4n) is 0. The minimum Gasteiger partial charge on any atom is -0.748 e. The molecule has 84 valence electrons. The summed E-state index contributed by atoms with van der Waals surface area (Å²) in [5, 5.41) is 0. The molecule has 0 heterocycles. The van der Waals surface area contributed by atoms with Crippen LogP contribution >= 0.6 is 0 Å². The van der Waals surface area contributed by atoms with Crippen LogP contribution in [0, 0.1) is 0 Å². The van der Waals surface area contributed by atoms with Gasteiger partial charge in [-0.15, -0.1) is 0 Å². The molecular formula is C4H12O7S2Zn. The van der Waals surface area contributed by atoms with E-state index in [9.17, 15) is 25.9 Å². The molecule has 0 atom stereocenters. The average molecular weight is 302 g/mol. The van der Waals surface area contributed by atoms with Crippen molar-refractivity contribution in [2.24, 2.45) is 0 Å². The van der Waals surface area contributed by atoms with Crippen molar-refractivity contribution in [3.63, 3.8) is 0 Å². The quantitative estimate of drug-likeness (QED) is 0.437. The van der Waals surface area contributed by atoms with Gasteiger partial charge in [-0.2, -0.15) is 0 Å². The summed E-state index contributed by atoms with van der Waals surface area (Å²) in [7, 11) is -7.82. The first-order chi connectivity index (χ1) is 5.12. The molecule has 0 aromatic carbocycles. The molecule has 0 amide bonds. The maximum atomic E-state index is 9.44. The van der Waals surface area contributed by atoms with Crippen molar-refractivity contribution in [2.75, 3.05) is 11.5 Å². The van der Waals surface area contributed by atoms with Crippen LogP contribution in [-0.4, -0.2) is 42.9 Å². The van der Waals surface area contributed by atoms with Gasteiger partial charge in [0.05, 0.1) is 20.2 Å². The van der Waals surface area contributed by atoms with E-state index < -0.39 is 20.2 Å². The second-order valence-corrected chi connectivity index (χ2v) is 5.08. The second kappa shape index (κ2) is 9.94. The first-order valence-corrected chi connectivity index (χ1v) is 6.15. The van der Waals surface area contributed by atoms with Gasteiger partial charge in [0.2, 0.25) is 0 Å². The van der Waals surface area contributed by atoms with Crippen molar-refractivity contribution in [1.29, 1.82) is 0 Å². The summed E-state index contributed by atoms with van der Waals surface area (Å²) in [6, 6.07) is 0. The van der Waals surface area contributed by atoms with E-state index in [4.69, 9.17) is 0 Å². The molecule has 0 aromatic heterocycles. The maximum Gasteiger partial charge on any atom is 2.00 e. The molecular weight excluding hydrogens is 290 g/mol. The van der Waals surface area contributed by atoms with Gasteiger partial charge in [-0.1, -0.05) is 13.8 Å². The van der Waals surface area contributed by atoms with Crippen molar-refractivity contribution in [3.8, 4) is 0 Å². The maximum absolute atomic E-state index is 9.44. The van der Waals surface area contributed by atoms with E-state index in [1.54, 1.807) is 0 Å². The summed E-state index contributed by atoms with van der Waals surface area (Å²) in [6.45, 7) is 2.62. The first-order valence-electron chi connectivity index (χ1n) is 2.99. The molecule has 0 rings (SSSR count). The molecule has 0 saturated heterocycles. The molecule has 0 radical (unpaired) electrons. The summed E-state index contributed by atoms with van der Waals surface area (Å²) in [5.41, 5.74) is 0. The minimum absolute atomic E-state index is 0. The summed E-state index contributed by atoms with van der Waals surface area (Å²) < 4.78 is 56.7. The Kier molecular flexibility index (Phi) is 17.0. The third kappa shape index (κ3) is 39.3. The van der Waals surface area contributed by atoms with E-state index in [-0.39, 0.29) is 36.5 Å². The Balaban J connectivity index is -0.0000000625. The van der Waals surface area contributed by atoms with E-state index >= 15 is 0 Å². The zero-order valence-corrected chi connectivity index (χ0v) is 12.5. The number of hydrogen-bond acceptors (Lipinski definition) is 6. The molecule has 2 N–H and O–H groups in total. The van der Waals surface area contributed by atoms with Crippen LogP contribution in [0.5, 0.6) is 0 Å². The van der Waals surface area contributed by atoms with Gasteiger partial charge in [0, 0.05) is 11.5 Å². The second-order valence-electron chi connectivity index (χ2n) is 1.69. The van der Waals surface area contributed by atoms with E-state index in [2.05, 4.69) is 0 Å². The molecule has 14 heavy (non-hydrogen) atoms. The molecule has 0 aliphatic heterocycles. The molecule has 0 bridgehead atoms. The summed E-state index contributed by atoms with van der Waals surface area (Å²) >= 11 is 0. The standard InChI is InChI=1S/2C2H6O3S.H2O.Zn/c2*1-2-6(3,4)5;;/h2*2H2,1H3,(H,3,4,5);1H2;/q;;;+2/p-2. The van der Waals surface area contributed by atoms with Crippen molar-refractivity contribution in [2.45, 2.75) is 13.8 Å². The Labute approximate surface area is 96.5 Å². The zero-order chi connectivity index (χ0) is 10.4. The van der Waals surface area contributed by atoms with Crippen molar-refractivity contribution in [3.05, 3.63) is 0 Å². The van der Waals surface area contributed by atoms with Crippen LogP contribution < -0.4 is 0 Å². The van der Waals surface area contributed by atoms with Crippen LogP contribution in [0.2, 0.25) is 0 Å². The Hall–Kier alpha value is 0.403. The molecule has 0 aliphatic carbocycles. The van der Waals surface area contributed by atoms with Crippen LogP contribution in [-0.2, 0) is 39.7 Å². The van der Waals surface area contributed by atoms with Crippen molar-refractivity contribution in [1.82, 2.24) is 0 Å². The SMILES string of the molecule is CCS(=O)(=O)[O-].CCS(=O)(=O)[O-].O.[Zn+2]. The third-order valence-electron chi connectivity index (χ3n) is 0.707. The Bertz CT molecular complexity index is 260. The van der Waals surface area contributed by atoms with Crippen LogP contribution in [0.3, 0.4) is 0 Å². The molecule has 0 unspecified atom stereocenters. The smallest absolute Gasteiger partial charge is 0.748 e. The molecule has 0 aromatic rings. The van der Waals surface area contributed by atoms with E-state index in [0.29, 0.717) is 0 Å². The topological polar surface area (TPSA) is 146 Å². The largest absolute Gasteiger partial charge is 2.00 e. The Morgan fingerprint density at radius 3 is 0.929 bits per heavy atom. The Morgan fingerprint density at radius 1 is 0.857 bits per heavy atom. The Morgan fingerprint density at radius 2 is 0.929 bits per heavy atom. The molecule has 0 spiro atoms. The summed E-state index contributed by atoms with van der Waals surface area (Å²) in [5.74, 6) is -0.625. The normalized spacial score (nSPS) is 10.0. The van der Waals surface area contributed by atoms with Gasteiger partial charge in [0.15, 0.2) is 0 Å². The predicted molar refractivity (Wildman–Crippen MR) is 44.1 cm³/mol. The molecule has 0 saturated carbocycles. The summed E-state index contributed by atoms with van der Waals surface area (Å²) in [4.78, 5) is 0. The van der Waals surface area contributed by atoms with Crippen LogP contribution in [0.1, 0.15) is 13.8 Å². The van der Waals surface area contributed by atoms with Gasteiger partial charge >= 0.3 is 19.5 Å². The average Bonchev–Trinajstić information content (AvgIpc) is 1.86. The van der Waals surface area contributed by atoms with Crippen molar-refractivity contribution < 1.29 is 50.9 Å². The zero-order valence-electron chi connectivity index (χ0n) is 7.89. The molecule has 0 fully saturated rings. The fraction of sp³-hybridized carbons (Fsp3) is 1.00. The van der Waals surface area contributed by atoms with E-state index in [1.807, 2.05) is 0 Å². The minimum atomic E-state index is -3.91. The van der Waals surface area contributed by atoms with Gasteiger partial charge in [-0.25, -0.2) is 16.8 Å². The first kappa shape index (κ1) is 23.9. The number of hydrogen-bond donors (Lipinski definition) is 0. The predicted octanol–water partition coefficient (Wildman–Crippen LogP) is -1.72. The fourth-order valence-corrected chi connectivity index (χ4v) is 0. The van der Waals surface area contributed by atoms with E-state index in [0.717, 1.165) is 0 Å². The van der Waals surface area contributed by atoms with Crippen molar-refractivity contribution >= 4 is 20.2 Å². The van der Waals surface area contributed by atoms with Crippen LogP contribution in [0.15, 0.2) is 0 Å². The van der Waals surface area contributed by atoms with Gasteiger partial charge in [0.25, 0.3) is 0 Å². The van der Waals surface area contributed by atoms with Gasteiger partial charge in [-0.05, 0) is 0 Å². The molecule has 0 aliphatic rings. The molecule has 10 heteroatoms. The van der Waals surface area contributed by atoms with E-state index in [1.165, 1.54) is 13.8 Å². The third-order valence-corrected chi connectivity index (χ3v) is 2.12. The summed E-state index contributed by atoms with van der Waals surface area (Å²) in [6.07, 6.45) is 0. The van der Waals surface area contributed by atoms with Gasteiger partial charge < -0.3 is 14.6 Å². The van der Waals surface area contributed by atoms with Crippen LogP contribution in [0.25, 0.3) is 0 Å². The van der Waals surface area contributed by atoms with Gasteiger partial charge in [-0.3, -0.25) is 0 Å².